The van der Waals surface area contributed by atoms with Gasteiger partial charge < -0.3 is 0 Å². The molecule has 49 heavy (non-hydrogen) atoms. The van der Waals surface area contributed by atoms with Crippen LogP contribution in [0.15, 0.2) is 170 Å². The summed E-state index contributed by atoms with van der Waals surface area (Å²) in [7, 11) is 0. The van der Waals surface area contributed by atoms with E-state index in [4.69, 9.17) is 4.98 Å². The van der Waals surface area contributed by atoms with Crippen LogP contribution in [0.2, 0.25) is 0 Å². The van der Waals surface area contributed by atoms with Gasteiger partial charge in [0.1, 0.15) is 5.82 Å². The molecule has 0 spiro atoms. The zero-order valence-corrected chi connectivity index (χ0v) is 27.3. The predicted molar refractivity (Wildman–Crippen MR) is 201 cm³/mol. The number of rotatable bonds is 5. The number of aromatic nitrogens is 2. The van der Waals surface area contributed by atoms with E-state index in [0.717, 1.165) is 17.8 Å². The van der Waals surface area contributed by atoms with Crippen molar-refractivity contribution in [1.82, 2.24) is 9.55 Å². The molecule has 1 aliphatic carbocycles. The summed E-state index contributed by atoms with van der Waals surface area (Å²) in [6, 6.07) is 62.9. The van der Waals surface area contributed by atoms with Gasteiger partial charge in [0.25, 0.3) is 0 Å². The summed E-state index contributed by atoms with van der Waals surface area (Å²) in [5.74, 6) is 1.24. The van der Waals surface area contributed by atoms with E-state index in [2.05, 4.69) is 181 Å². The standard InChI is InChI=1S/C47H34N2/c1-2-44-48-42-24-14-22-39-45(31-15-6-3-7-16-31)38-28-26-33(30-43(38)49(44)46(39)42)32-25-27-37-36-21-12-13-23-40(36)47(41(37)29-32,34-17-8-4-9-18-34)35-19-10-5-11-20-35/h3-30,45H,2H2,1H3. The molecule has 0 saturated carbocycles. The molecule has 0 fully saturated rings. The SMILES string of the molecule is CCc1nc2cccc3c2n1-c1cc(-c2ccc4c(c2)C(c2ccccc2)(c2ccccc2)c2ccccc2-4)ccc1C3c1ccccc1. The first-order valence-corrected chi connectivity index (χ1v) is 17.3. The summed E-state index contributed by atoms with van der Waals surface area (Å²) in [6.45, 7) is 2.21. The molecule has 0 bridgehead atoms. The number of nitrogens with zero attached hydrogens (tertiary/aromatic N) is 2. The molecule has 2 aliphatic rings. The van der Waals surface area contributed by atoms with Gasteiger partial charge in [-0.15, -0.1) is 0 Å². The van der Waals surface area contributed by atoms with Crippen molar-refractivity contribution in [1.29, 1.82) is 0 Å². The molecular formula is C47H34N2. The smallest absolute Gasteiger partial charge is 0.114 e. The maximum Gasteiger partial charge on any atom is 0.114 e. The van der Waals surface area contributed by atoms with Gasteiger partial charge in [-0.2, -0.15) is 0 Å². The van der Waals surface area contributed by atoms with E-state index in [1.165, 1.54) is 72.4 Å². The Morgan fingerprint density at radius 2 is 1.18 bits per heavy atom. The van der Waals surface area contributed by atoms with Crippen molar-refractivity contribution >= 4 is 11.0 Å². The van der Waals surface area contributed by atoms with Gasteiger partial charge in [0, 0.05) is 12.3 Å². The Labute approximate surface area is 287 Å². The lowest BCUT2D eigenvalue weighted by Crippen LogP contribution is -2.28. The summed E-state index contributed by atoms with van der Waals surface area (Å²) in [4.78, 5) is 5.15. The first-order valence-electron chi connectivity index (χ1n) is 17.3. The summed E-state index contributed by atoms with van der Waals surface area (Å²) in [5.41, 5.74) is 17.3. The van der Waals surface area contributed by atoms with Crippen molar-refractivity contribution in [3.8, 4) is 27.9 Å². The fourth-order valence-corrected chi connectivity index (χ4v) is 8.89. The Bertz CT molecular complexity index is 2490. The van der Waals surface area contributed by atoms with Gasteiger partial charge in [-0.1, -0.05) is 159 Å². The first-order chi connectivity index (χ1) is 24.3. The lowest BCUT2D eigenvalue weighted by Gasteiger charge is -2.34. The lowest BCUT2D eigenvalue weighted by molar-refractivity contribution is 0.769. The van der Waals surface area contributed by atoms with Gasteiger partial charge in [0.05, 0.1) is 22.1 Å². The average molecular weight is 627 g/mol. The van der Waals surface area contributed by atoms with Gasteiger partial charge >= 0.3 is 0 Å². The minimum absolute atomic E-state index is 0.140. The number of aryl methyl sites for hydroxylation is 1. The Kier molecular flexibility index (Phi) is 6.17. The van der Waals surface area contributed by atoms with E-state index < -0.39 is 5.41 Å². The molecule has 0 N–H and O–H groups in total. The number of imidazole rings is 1. The van der Waals surface area contributed by atoms with Crippen LogP contribution in [0.25, 0.3) is 39.0 Å². The highest BCUT2D eigenvalue weighted by molar-refractivity contribution is 5.90. The van der Waals surface area contributed by atoms with E-state index in [9.17, 15) is 0 Å². The largest absolute Gasteiger partial charge is 0.296 e. The summed E-state index contributed by atoms with van der Waals surface area (Å²) in [6.07, 6.45) is 0.863. The highest BCUT2D eigenvalue weighted by Gasteiger charge is 2.46. The number of hydrogen-bond donors (Lipinski definition) is 0. The van der Waals surface area contributed by atoms with Crippen LogP contribution in [0.3, 0.4) is 0 Å². The fraction of sp³-hybridized carbons (Fsp3) is 0.0851. The van der Waals surface area contributed by atoms with Crippen LogP contribution in [0, 0.1) is 0 Å². The minimum atomic E-state index is -0.429. The Morgan fingerprint density at radius 1 is 0.551 bits per heavy atom. The van der Waals surface area contributed by atoms with E-state index >= 15 is 0 Å². The van der Waals surface area contributed by atoms with Crippen LogP contribution in [0.1, 0.15) is 57.6 Å². The lowest BCUT2D eigenvalue weighted by atomic mass is 9.67. The van der Waals surface area contributed by atoms with Crippen molar-refractivity contribution in [2.45, 2.75) is 24.7 Å². The number of hydrogen-bond acceptors (Lipinski definition) is 1. The maximum absolute atomic E-state index is 5.15. The van der Waals surface area contributed by atoms with Gasteiger partial charge in [-0.3, -0.25) is 4.57 Å². The summed E-state index contributed by atoms with van der Waals surface area (Å²) in [5, 5.41) is 0. The normalized spacial score (nSPS) is 15.1. The van der Waals surface area contributed by atoms with E-state index in [1.807, 2.05) is 0 Å². The van der Waals surface area contributed by atoms with Crippen LogP contribution >= 0.6 is 0 Å². The molecule has 2 nitrogen and oxygen atoms in total. The third-order valence-electron chi connectivity index (χ3n) is 10.9. The monoisotopic (exact) mass is 626 g/mol. The van der Waals surface area contributed by atoms with Gasteiger partial charge in [-0.25, -0.2) is 4.98 Å². The van der Waals surface area contributed by atoms with E-state index in [-0.39, 0.29) is 5.92 Å². The number of para-hydroxylation sites is 1. The molecule has 1 aromatic heterocycles. The third kappa shape index (κ3) is 3.92. The minimum Gasteiger partial charge on any atom is -0.296 e. The molecule has 7 aromatic carbocycles. The highest BCUT2D eigenvalue weighted by Crippen LogP contribution is 2.57. The molecule has 2 heterocycles. The molecular weight excluding hydrogens is 593 g/mol. The molecule has 10 rings (SSSR count). The second kappa shape index (κ2) is 10.8. The number of benzene rings is 7. The quantitative estimate of drug-likeness (QED) is 0.186. The molecule has 1 unspecified atom stereocenters. The van der Waals surface area contributed by atoms with E-state index in [0.29, 0.717) is 0 Å². The zero-order valence-electron chi connectivity index (χ0n) is 27.3. The van der Waals surface area contributed by atoms with Crippen molar-refractivity contribution in [2.24, 2.45) is 0 Å². The maximum atomic E-state index is 5.15. The van der Waals surface area contributed by atoms with Crippen LogP contribution in [-0.4, -0.2) is 9.55 Å². The zero-order chi connectivity index (χ0) is 32.5. The third-order valence-corrected chi connectivity index (χ3v) is 10.9. The topological polar surface area (TPSA) is 17.8 Å². The first kappa shape index (κ1) is 28.1. The molecule has 232 valence electrons. The molecule has 1 aliphatic heterocycles. The molecule has 0 amide bonds. The predicted octanol–water partition coefficient (Wildman–Crippen LogP) is 11.1. The fourth-order valence-electron chi connectivity index (χ4n) is 8.89. The second-order valence-electron chi connectivity index (χ2n) is 13.3. The van der Waals surface area contributed by atoms with Gasteiger partial charge in [-0.05, 0) is 79.4 Å². The molecule has 8 aromatic rings. The van der Waals surface area contributed by atoms with Crippen molar-refractivity contribution in [3.63, 3.8) is 0 Å². The van der Waals surface area contributed by atoms with Crippen LogP contribution in [0.5, 0.6) is 0 Å². The van der Waals surface area contributed by atoms with Crippen LogP contribution in [0.4, 0.5) is 0 Å². The Morgan fingerprint density at radius 3 is 1.92 bits per heavy atom. The molecule has 0 radical (unpaired) electrons. The average Bonchev–Trinajstić information content (AvgIpc) is 3.71. The molecule has 1 atom stereocenters. The highest BCUT2D eigenvalue weighted by atomic mass is 15.1. The number of fused-ring (bicyclic) bond motifs is 5. The second-order valence-corrected chi connectivity index (χ2v) is 13.3. The van der Waals surface area contributed by atoms with Crippen molar-refractivity contribution in [3.05, 3.63) is 215 Å². The Balaban J connectivity index is 1.23. The molecule has 2 heteroatoms. The molecule has 0 saturated heterocycles. The van der Waals surface area contributed by atoms with Gasteiger partial charge in [0.15, 0.2) is 0 Å². The van der Waals surface area contributed by atoms with Gasteiger partial charge in [0.2, 0.25) is 0 Å². The van der Waals surface area contributed by atoms with E-state index in [1.54, 1.807) is 0 Å². The Hall–Kier alpha value is -5.99. The summed E-state index contributed by atoms with van der Waals surface area (Å²) < 4.78 is 2.43. The summed E-state index contributed by atoms with van der Waals surface area (Å²) >= 11 is 0. The van der Waals surface area contributed by atoms with Crippen LogP contribution < -0.4 is 0 Å². The van der Waals surface area contributed by atoms with Crippen molar-refractivity contribution < 1.29 is 0 Å². The van der Waals surface area contributed by atoms with Crippen molar-refractivity contribution in [2.75, 3.05) is 0 Å². The van der Waals surface area contributed by atoms with Crippen LogP contribution in [-0.2, 0) is 11.8 Å².